The quantitative estimate of drug-likeness (QED) is 0.886. The highest BCUT2D eigenvalue weighted by molar-refractivity contribution is 7.09. The molecule has 0 saturated carbocycles. The van der Waals surface area contributed by atoms with E-state index in [0.29, 0.717) is 5.02 Å². The van der Waals surface area contributed by atoms with Crippen LogP contribution in [0.5, 0.6) is 0 Å². The number of halogens is 1. The molecule has 0 radical (unpaired) electrons. The molecule has 0 amide bonds. The van der Waals surface area contributed by atoms with E-state index in [0.717, 1.165) is 18.8 Å². The fraction of sp³-hybridized carbons (Fsp3) is 0.182. The Bertz CT molecular complexity index is 397. The highest BCUT2D eigenvalue weighted by atomic mass is 35.5. The second kappa shape index (κ2) is 5.26. The average molecular weight is 239 g/mol. The molecule has 78 valence electrons. The minimum atomic E-state index is 0.678. The molecule has 0 fully saturated rings. The maximum atomic E-state index is 5.75. The van der Waals surface area contributed by atoms with E-state index < -0.39 is 0 Å². The third-order valence-electron chi connectivity index (χ3n) is 1.97. The molecule has 0 aliphatic heterocycles. The van der Waals surface area contributed by atoms with Crippen molar-refractivity contribution in [2.45, 2.75) is 13.1 Å². The predicted molar refractivity (Wildman–Crippen MR) is 64.1 cm³/mol. The van der Waals surface area contributed by atoms with Crippen LogP contribution in [0.2, 0.25) is 5.02 Å². The molecule has 0 bridgehead atoms. The summed E-state index contributed by atoms with van der Waals surface area (Å²) < 4.78 is 0. The van der Waals surface area contributed by atoms with Gasteiger partial charge >= 0.3 is 0 Å². The Morgan fingerprint density at radius 3 is 2.87 bits per heavy atom. The van der Waals surface area contributed by atoms with E-state index in [4.69, 9.17) is 11.6 Å². The summed E-state index contributed by atoms with van der Waals surface area (Å²) in [4.78, 5) is 5.54. The molecule has 0 unspecified atom stereocenters. The maximum Gasteiger partial charge on any atom is 0.0589 e. The van der Waals surface area contributed by atoms with E-state index in [1.807, 2.05) is 12.1 Å². The topological polar surface area (TPSA) is 24.9 Å². The second-order valence-corrected chi connectivity index (χ2v) is 4.62. The van der Waals surface area contributed by atoms with Gasteiger partial charge in [-0.05, 0) is 23.6 Å². The number of nitrogens with zero attached hydrogens (tertiary/aromatic N) is 1. The summed E-state index contributed by atoms with van der Waals surface area (Å²) >= 11 is 7.50. The number of rotatable bonds is 4. The summed E-state index contributed by atoms with van der Waals surface area (Å²) in [5.41, 5.74) is 1.01. The van der Waals surface area contributed by atoms with Crippen LogP contribution in [0.1, 0.15) is 10.6 Å². The minimum Gasteiger partial charge on any atom is -0.306 e. The van der Waals surface area contributed by atoms with Gasteiger partial charge in [-0.2, -0.15) is 0 Å². The first-order chi connectivity index (χ1) is 7.34. The molecule has 2 aromatic rings. The van der Waals surface area contributed by atoms with Crippen molar-refractivity contribution in [2.75, 3.05) is 0 Å². The van der Waals surface area contributed by atoms with Gasteiger partial charge in [0.2, 0.25) is 0 Å². The van der Waals surface area contributed by atoms with Crippen LogP contribution in [0.4, 0.5) is 0 Å². The minimum absolute atomic E-state index is 0.678. The molecule has 2 rings (SSSR count). The lowest BCUT2D eigenvalue weighted by Gasteiger charge is -2.02. The molecular formula is C11H11ClN2S. The number of thiophene rings is 1. The average Bonchev–Trinajstić information content (AvgIpc) is 2.74. The lowest BCUT2D eigenvalue weighted by molar-refractivity contribution is 0.686. The number of hydrogen-bond acceptors (Lipinski definition) is 3. The van der Waals surface area contributed by atoms with Gasteiger partial charge in [0.05, 0.1) is 10.7 Å². The van der Waals surface area contributed by atoms with Crippen LogP contribution in [-0.4, -0.2) is 4.98 Å². The van der Waals surface area contributed by atoms with Crippen molar-refractivity contribution in [2.24, 2.45) is 0 Å². The van der Waals surface area contributed by atoms with E-state index in [9.17, 15) is 0 Å². The van der Waals surface area contributed by atoms with Gasteiger partial charge < -0.3 is 5.32 Å². The van der Waals surface area contributed by atoms with Crippen molar-refractivity contribution >= 4 is 22.9 Å². The van der Waals surface area contributed by atoms with Crippen LogP contribution >= 0.6 is 22.9 Å². The van der Waals surface area contributed by atoms with Gasteiger partial charge in [0.15, 0.2) is 0 Å². The summed E-state index contributed by atoms with van der Waals surface area (Å²) in [6.45, 7) is 1.66. The van der Waals surface area contributed by atoms with E-state index in [-0.39, 0.29) is 0 Å². The van der Waals surface area contributed by atoms with Crippen molar-refractivity contribution in [3.63, 3.8) is 0 Å². The van der Waals surface area contributed by atoms with E-state index >= 15 is 0 Å². The first kappa shape index (κ1) is 10.6. The zero-order valence-corrected chi connectivity index (χ0v) is 9.68. The molecule has 4 heteroatoms. The number of hydrogen-bond donors (Lipinski definition) is 1. The molecule has 15 heavy (non-hydrogen) atoms. The number of pyridine rings is 1. The van der Waals surface area contributed by atoms with Gasteiger partial charge in [-0.15, -0.1) is 11.3 Å². The Morgan fingerprint density at radius 2 is 2.20 bits per heavy atom. The van der Waals surface area contributed by atoms with Crippen LogP contribution < -0.4 is 5.32 Å². The van der Waals surface area contributed by atoms with Crippen molar-refractivity contribution in [1.29, 1.82) is 0 Å². The molecule has 0 atom stereocenters. The Morgan fingerprint density at radius 1 is 1.27 bits per heavy atom. The highest BCUT2D eigenvalue weighted by Gasteiger charge is 1.96. The van der Waals surface area contributed by atoms with Crippen LogP contribution in [0.3, 0.4) is 0 Å². The summed E-state index contributed by atoms with van der Waals surface area (Å²) in [6.07, 6.45) is 1.67. The van der Waals surface area contributed by atoms with Gasteiger partial charge in [0.25, 0.3) is 0 Å². The molecular weight excluding hydrogens is 228 g/mol. The number of nitrogens with one attached hydrogen (secondary N) is 1. The van der Waals surface area contributed by atoms with Crippen LogP contribution in [0.25, 0.3) is 0 Å². The summed E-state index contributed by atoms with van der Waals surface area (Å²) in [5, 5.41) is 6.09. The van der Waals surface area contributed by atoms with Crippen LogP contribution in [0, 0.1) is 0 Å². The van der Waals surface area contributed by atoms with E-state index in [2.05, 4.69) is 27.8 Å². The Balaban J connectivity index is 1.81. The Kier molecular flexibility index (Phi) is 3.72. The summed E-state index contributed by atoms with van der Waals surface area (Å²) in [6, 6.07) is 7.97. The van der Waals surface area contributed by atoms with Crippen LogP contribution in [0.15, 0.2) is 35.8 Å². The summed E-state index contributed by atoms with van der Waals surface area (Å²) in [5.74, 6) is 0. The fourth-order valence-electron chi connectivity index (χ4n) is 1.24. The van der Waals surface area contributed by atoms with E-state index in [1.54, 1.807) is 17.5 Å². The SMILES string of the molecule is Clc1ccc(CNCc2cccs2)nc1. The van der Waals surface area contributed by atoms with Gasteiger partial charge in [-0.1, -0.05) is 17.7 Å². The lowest BCUT2D eigenvalue weighted by Crippen LogP contribution is -2.12. The molecule has 0 aliphatic rings. The molecule has 1 N–H and O–H groups in total. The van der Waals surface area contributed by atoms with Gasteiger partial charge in [0, 0.05) is 24.2 Å². The molecule has 0 spiro atoms. The third kappa shape index (κ3) is 3.30. The Labute approximate surface area is 97.9 Å². The third-order valence-corrected chi connectivity index (χ3v) is 3.07. The molecule has 0 aromatic carbocycles. The zero-order chi connectivity index (χ0) is 10.5. The van der Waals surface area contributed by atoms with Crippen molar-refractivity contribution in [3.8, 4) is 0 Å². The second-order valence-electron chi connectivity index (χ2n) is 3.15. The van der Waals surface area contributed by atoms with Crippen molar-refractivity contribution < 1.29 is 0 Å². The van der Waals surface area contributed by atoms with Gasteiger partial charge in [-0.3, -0.25) is 4.98 Å². The van der Waals surface area contributed by atoms with Crippen molar-refractivity contribution in [3.05, 3.63) is 51.4 Å². The molecule has 2 nitrogen and oxygen atoms in total. The molecule has 2 heterocycles. The molecule has 0 saturated heterocycles. The lowest BCUT2D eigenvalue weighted by atomic mass is 10.3. The molecule has 2 aromatic heterocycles. The smallest absolute Gasteiger partial charge is 0.0589 e. The first-order valence-electron chi connectivity index (χ1n) is 4.68. The monoisotopic (exact) mass is 238 g/mol. The predicted octanol–water partition coefficient (Wildman–Crippen LogP) is 3.09. The van der Waals surface area contributed by atoms with E-state index in [1.165, 1.54) is 4.88 Å². The highest BCUT2D eigenvalue weighted by Crippen LogP contribution is 2.08. The van der Waals surface area contributed by atoms with Gasteiger partial charge in [-0.25, -0.2) is 0 Å². The standard InChI is InChI=1S/C11H11ClN2S/c12-9-3-4-10(14-6-9)7-13-8-11-2-1-5-15-11/h1-6,13H,7-8H2. The first-order valence-corrected chi connectivity index (χ1v) is 5.94. The van der Waals surface area contributed by atoms with Gasteiger partial charge in [0.1, 0.15) is 0 Å². The van der Waals surface area contributed by atoms with Crippen molar-refractivity contribution in [1.82, 2.24) is 10.3 Å². The maximum absolute atomic E-state index is 5.75. The molecule has 0 aliphatic carbocycles. The fourth-order valence-corrected chi connectivity index (χ4v) is 2.02. The zero-order valence-electron chi connectivity index (χ0n) is 8.11. The number of aromatic nitrogens is 1. The Hall–Kier alpha value is -0.900. The van der Waals surface area contributed by atoms with Crippen LogP contribution in [-0.2, 0) is 13.1 Å². The normalized spacial score (nSPS) is 10.5. The largest absolute Gasteiger partial charge is 0.306 e. The summed E-state index contributed by atoms with van der Waals surface area (Å²) in [7, 11) is 0.